The molecule has 0 aromatic heterocycles. The van der Waals surface area contributed by atoms with E-state index in [0.29, 0.717) is 18.8 Å². The smallest absolute Gasteiger partial charge is 0.261 e. The van der Waals surface area contributed by atoms with Gasteiger partial charge in [-0.1, -0.05) is 53.2 Å². The minimum atomic E-state index is -4.00. The number of hydrogen-bond donors (Lipinski definition) is 2. The van der Waals surface area contributed by atoms with E-state index in [1.807, 2.05) is 35.2 Å². The van der Waals surface area contributed by atoms with Gasteiger partial charge in [0.05, 0.1) is 16.3 Å². The number of benzene rings is 3. The maximum Gasteiger partial charge on any atom is 0.261 e. The predicted octanol–water partition coefficient (Wildman–Crippen LogP) is 4.43. The summed E-state index contributed by atoms with van der Waals surface area (Å²) in [6.07, 6.45) is 0. The quantitative estimate of drug-likeness (QED) is 0.374. The van der Waals surface area contributed by atoms with Crippen molar-refractivity contribution in [3.63, 3.8) is 0 Å². The molecule has 198 valence electrons. The van der Waals surface area contributed by atoms with Gasteiger partial charge in [0.15, 0.2) is 0 Å². The molecule has 1 saturated heterocycles. The average molecular weight is 608 g/mol. The third-order valence-corrected chi connectivity index (χ3v) is 9.91. The van der Waals surface area contributed by atoms with Crippen molar-refractivity contribution in [2.24, 2.45) is 0 Å². The molecular formula is C26H31BrN4O4S2. The van der Waals surface area contributed by atoms with Gasteiger partial charge in [-0.05, 0) is 61.5 Å². The Labute approximate surface area is 227 Å². The Kier molecular flexibility index (Phi) is 8.59. The SMILES string of the molecule is CCN1CCN(c2ccc(NS(=O)(=O)c3ccc(Br)cc3)cc2S(=O)(=O)N[C@@H](C)c2ccccc2)CC1. The molecule has 1 fully saturated rings. The van der Waals surface area contributed by atoms with Crippen LogP contribution in [0, 0.1) is 0 Å². The van der Waals surface area contributed by atoms with Crippen LogP contribution in [-0.2, 0) is 20.0 Å². The lowest BCUT2D eigenvalue weighted by Crippen LogP contribution is -2.46. The molecule has 1 aliphatic heterocycles. The maximum atomic E-state index is 13.7. The topological polar surface area (TPSA) is 98.8 Å². The maximum absolute atomic E-state index is 13.7. The van der Waals surface area contributed by atoms with Gasteiger partial charge < -0.3 is 9.80 Å². The average Bonchev–Trinajstić information content (AvgIpc) is 2.89. The summed E-state index contributed by atoms with van der Waals surface area (Å²) in [6, 6.07) is 19.8. The molecule has 1 atom stereocenters. The number of anilines is 2. The predicted molar refractivity (Wildman–Crippen MR) is 151 cm³/mol. The van der Waals surface area contributed by atoms with Crippen molar-refractivity contribution in [2.75, 3.05) is 42.3 Å². The second kappa shape index (κ2) is 11.5. The zero-order valence-corrected chi connectivity index (χ0v) is 24.0. The van der Waals surface area contributed by atoms with Crippen molar-refractivity contribution >= 4 is 47.4 Å². The number of likely N-dealkylation sites (N-methyl/N-ethyl adjacent to an activating group) is 1. The van der Waals surface area contributed by atoms with E-state index in [2.05, 4.69) is 37.2 Å². The highest BCUT2D eigenvalue weighted by molar-refractivity contribution is 9.10. The van der Waals surface area contributed by atoms with E-state index in [1.54, 1.807) is 31.2 Å². The first-order valence-electron chi connectivity index (χ1n) is 12.1. The second-order valence-electron chi connectivity index (χ2n) is 8.92. The second-order valence-corrected chi connectivity index (χ2v) is 13.2. The molecule has 3 aromatic rings. The van der Waals surface area contributed by atoms with Crippen molar-refractivity contribution in [1.82, 2.24) is 9.62 Å². The van der Waals surface area contributed by atoms with Crippen molar-refractivity contribution in [1.29, 1.82) is 0 Å². The zero-order chi connectivity index (χ0) is 26.6. The number of hydrogen-bond acceptors (Lipinski definition) is 6. The largest absolute Gasteiger partial charge is 0.368 e. The van der Waals surface area contributed by atoms with Crippen LogP contribution in [0.4, 0.5) is 11.4 Å². The molecule has 0 spiro atoms. The Bertz CT molecular complexity index is 1430. The van der Waals surface area contributed by atoms with Crippen molar-refractivity contribution in [2.45, 2.75) is 29.7 Å². The molecule has 1 aliphatic rings. The molecule has 0 saturated carbocycles. The van der Waals surface area contributed by atoms with Gasteiger partial charge in [0.25, 0.3) is 10.0 Å². The van der Waals surface area contributed by atoms with E-state index in [-0.39, 0.29) is 15.5 Å². The molecule has 8 nitrogen and oxygen atoms in total. The number of halogens is 1. The van der Waals surface area contributed by atoms with Crippen molar-refractivity contribution in [3.8, 4) is 0 Å². The number of rotatable bonds is 9. The van der Waals surface area contributed by atoms with Gasteiger partial charge in [-0.2, -0.15) is 0 Å². The molecule has 1 heterocycles. The van der Waals surface area contributed by atoms with Crippen LogP contribution in [0.15, 0.2) is 87.1 Å². The number of nitrogens with zero attached hydrogens (tertiary/aromatic N) is 2. The molecular weight excluding hydrogens is 576 g/mol. The first-order valence-corrected chi connectivity index (χ1v) is 15.8. The molecule has 0 radical (unpaired) electrons. The van der Waals surface area contributed by atoms with E-state index in [9.17, 15) is 16.8 Å². The highest BCUT2D eigenvalue weighted by Gasteiger charge is 2.27. The normalized spacial score (nSPS) is 15.9. The van der Waals surface area contributed by atoms with Crippen LogP contribution in [0.2, 0.25) is 0 Å². The fourth-order valence-corrected chi connectivity index (χ4v) is 7.09. The van der Waals surface area contributed by atoms with E-state index in [0.717, 1.165) is 29.7 Å². The summed E-state index contributed by atoms with van der Waals surface area (Å²) in [6.45, 7) is 7.82. The fourth-order valence-electron chi connectivity index (χ4n) is 4.29. The molecule has 0 unspecified atom stereocenters. The zero-order valence-electron chi connectivity index (χ0n) is 20.8. The molecule has 4 rings (SSSR count). The summed E-state index contributed by atoms with van der Waals surface area (Å²) in [5, 5.41) is 0. The van der Waals surface area contributed by atoms with Crippen molar-refractivity contribution in [3.05, 3.63) is 82.8 Å². The first-order chi connectivity index (χ1) is 17.6. The van der Waals surface area contributed by atoms with Crippen LogP contribution >= 0.6 is 15.9 Å². The lowest BCUT2D eigenvalue weighted by Gasteiger charge is -2.36. The van der Waals surface area contributed by atoms with E-state index in [4.69, 9.17) is 0 Å². The van der Waals surface area contributed by atoms with Gasteiger partial charge >= 0.3 is 0 Å². The van der Waals surface area contributed by atoms with Crippen molar-refractivity contribution < 1.29 is 16.8 Å². The Morgan fingerprint density at radius 1 is 0.865 bits per heavy atom. The summed E-state index contributed by atoms with van der Waals surface area (Å²) in [7, 11) is -7.91. The Morgan fingerprint density at radius 3 is 2.14 bits per heavy atom. The van der Waals surface area contributed by atoms with Crippen LogP contribution in [0.25, 0.3) is 0 Å². The Morgan fingerprint density at radius 2 is 1.51 bits per heavy atom. The van der Waals surface area contributed by atoms with E-state index < -0.39 is 26.1 Å². The molecule has 37 heavy (non-hydrogen) atoms. The molecule has 0 aliphatic carbocycles. The minimum Gasteiger partial charge on any atom is -0.368 e. The van der Waals surface area contributed by atoms with Crippen LogP contribution in [-0.4, -0.2) is 54.5 Å². The molecule has 11 heteroatoms. The first kappa shape index (κ1) is 27.6. The molecule has 0 amide bonds. The highest BCUT2D eigenvalue weighted by atomic mass is 79.9. The van der Waals surface area contributed by atoms with Gasteiger partial charge in [-0.3, -0.25) is 4.72 Å². The Balaban J connectivity index is 1.69. The van der Waals surface area contributed by atoms with E-state index >= 15 is 0 Å². The molecule has 3 aromatic carbocycles. The van der Waals surface area contributed by atoms with Crippen LogP contribution < -0.4 is 14.3 Å². The van der Waals surface area contributed by atoms with Crippen LogP contribution in [0.3, 0.4) is 0 Å². The van der Waals surface area contributed by atoms with Gasteiger partial charge in [0, 0.05) is 36.7 Å². The third kappa shape index (κ3) is 6.71. The number of sulfonamides is 2. The number of nitrogens with one attached hydrogen (secondary N) is 2. The minimum absolute atomic E-state index is 0.0382. The van der Waals surface area contributed by atoms with Crippen LogP contribution in [0.5, 0.6) is 0 Å². The standard InChI is InChI=1S/C26H31BrN4O4S2/c1-3-30-15-17-31(18-16-30)25-14-11-23(29-36(32,33)24-12-9-22(27)10-13-24)19-26(25)37(34,35)28-20(2)21-7-5-4-6-8-21/h4-14,19-20,28-29H,3,15-18H2,1-2H3/t20-/m0/s1. The van der Waals surface area contributed by atoms with Crippen LogP contribution in [0.1, 0.15) is 25.5 Å². The molecule has 0 bridgehead atoms. The number of piperazine rings is 1. The van der Waals surface area contributed by atoms with E-state index in [1.165, 1.54) is 18.2 Å². The summed E-state index contributed by atoms with van der Waals surface area (Å²) >= 11 is 3.30. The lowest BCUT2D eigenvalue weighted by atomic mass is 10.1. The summed E-state index contributed by atoms with van der Waals surface area (Å²) in [5.74, 6) is 0. The monoisotopic (exact) mass is 606 g/mol. The highest BCUT2D eigenvalue weighted by Crippen LogP contribution is 2.31. The third-order valence-electron chi connectivity index (χ3n) is 6.42. The van der Waals surface area contributed by atoms with Gasteiger partial charge in [0.1, 0.15) is 4.90 Å². The fraction of sp³-hybridized carbons (Fsp3) is 0.308. The van der Waals surface area contributed by atoms with Gasteiger partial charge in [-0.25, -0.2) is 21.6 Å². The van der Waals surface area contributed by atoms with Gasteiger partial charge in [0.2, 0.25) is 10.0 Å². The lowest BCUT2D eigenvalue weighted by molar-refractivity contribution is 0.271. The summed E-state index contributed by atoms with van der Waals surface area (Å²) in [5.41, 5.74) is 1.55. The van der Waals surface area contributed by atoms with Gasteiger partial charge in [-0.15, -0.1) is 0 Å². The summed E-state index contributed by atoms with van der Waals surface area (Å²) in [4.78, 5) is 4.47. The molecule has 2 N–H and O–H groups in total. The Hall–Kier alpha value is -2.44. The summed E-state index contributed by atoms with van der Waals surface area (Å²) < 4.78 is 59.4.